The van der Waals surface area contributed by atoms with E-state index in [1.54, 1.807) is 0 Å². The fraction of sp³-hybridized carbons (Fsp3) is 0.111. The number of carbonyl (C=O) groups is 2. The van der Waals surface area contributed by atoms with Gasteiger partial charge in [0, 0.05) is 0 Å². The number of phenols is 1. The van der Waals surface area contributed by atoms with Gasteiger partial charge < -0.3 is 0 Å². The fourth-order valence-electron chi connectivity index (χ4n) is 1.23. The molecule has 17 heavy (non-hydrogen) atoms. The Kier molecular flexibility index (Phi) is 3.77. The Hall–Kier alpha value is -1.56. The number of carbonyl (C=O) groups excluding carboxylic acids is 2. The maximum absolute atomic E-state index is 11.2. The summed E-state index contributed by atoms with van der Waals surface area (Å²) in [7, 11) is 0. The van der Waals surface area contributed by atoms with Crippen molar-refractivity contribution in [2.45, 2.75) is 6.92 Å². The SMILES string of the molecule is CC(=O)Nc1c(O)cc(C=O)cc1[As](=O)(O)O. The summed E-state index contributed by atoms with van der Waals surface area (Å²) in [6.07, 6.45) is 0.340. The molecule has 0 spiro atoms. The summed E-state index contributed by atoms with van der Waals surface area (Å²) in [4.78, 5) is 21.4. The molecule has 1 aromatic carbocycles. The number of amides is 1. The van der Waals surface area contributed by atoms with Crippen molar-refractivity contribution >= 4 is 36.4 Å². The number of nitrogens with one attached hydrogen (secondary N) is 1. The van der Waals surface area contributed by atoms with Gasteiger partial charge in [-0.05, 0) is 0 Å². The van der Waals surface area contributed by atoms with Gasteiger partial charge >= 0.3 is 98.7 Å². The number of aldehydes is 1. The van der Waals surface area contributed by atoms with E-state index in [4.69, 9.17) is 8.19 Å². The number of anilines is 1. The fourth-order valence-corrected chi connectivity index (χ4v) is 2.87. The van der Waals surface area contributed by atoms with E-state index >= 15 is 0 Å². The van der Waals surface area contributed by atoms with Crippen LogP contribution in [0.1, 0.15) is 17.3 Å². The summed E-state index contributed by atoms with van der Waals surface area (Å²) in [6.45, 7) is 1.13. The molecule has 0 unspecified atom stereocenters. The van der Waals surface area contributed by atoms with Crippen LogP contribution in [0.4, 0.5) is 5.69 Å². The first-order valence-electron chi connectivity index (χ1n) is 4.41. The zero-order valence-corrected chi connectivity index (χ0v) is 10.6. The molecule has 1 amide bonds. The van der Waals surface area contributed by atoms with Crippen LogP contribution in [0.15, 0.2) is 12.1 Å². The zero-order chi connectivity index (χ0) is 13.2. The van der Waals surface area contributed by atoms with Crippen molar-refractivity contribution in [3.8, 4) is 5.75 Å². The van der Waals surface area contributed by atoms with E-state index in [1.165, 1.54) is 0 Å². The van der Waals surface area contributed by atoms with Gasteiger partial charge in [0.1, 0.15) is 0 Å². The van der Waals surface area contributed by atoms with Crippen molar-refractivity contribution in [2.24, 2.45) is 0 Å². The van der Waals surface area contributed by atoms with Crippen LogP contribution in [-0.4, -0.2) is 39.7 Å². The second-order valence-corrected chi connectivity index (χ2v) is 6.57. The van der Waals surface area contributed by atoms with E-state index in [2.05, 4.69) is 5.32 Å². The zero-order valence-electron chi connectivity index (χ0n) is 8.75. The second kappa shape index (κ2) is 4.75. The third-order valence-corrected chi connectivity index (χ3v) is 3.93. The van der Waals surface area contributed by atoms with Gasteiger partial charge in [-0.2, -0.15) is 0 Å². The summed E-state index contributed by atoms with van der Waals surface area (Å²) in [6, 6.07) is 1.95. The van der Waals surface area contributed by atoms with E-state index in [1.807, 2.05) is 0 Å². The number of aromatic hydroxyl groups is 1. The van der Waals surface area contributed by atoms with Crippen LogP contribution in [-0.2, 0) is 8.53 Å². The third-order valence-electron chi connectivity index (χ3n) is 1.87. The van der Waals surface area contributed by atoms with Crippen LogP contribution in [0.2, 0.25) is 0 Å². The standard InChI is InChI=1S/C9H10AsNO6/c1-5(13)11-9-7(10(15,16)17)2-6(4-12)3-8(9)14/h2-4,14H,1H3,(H,11,13)(H2,15,16,17). The molecule has 7 nitrogen and oxygen atoms in total. The molecule has 0 bridgehead atoms. The third kappa shape index (κ3) is 3.20. The predicted molar refractivity (Wildman–Crippen MR) is 58.3 cm³/mol. The first-order valence-corrected chi connectivity index (χ1v) is 7.80. The maximum atomic E-state index is 11.2. The molecule has 0 fully saturated rings. The summed E-state index contributed by atoms with van der Waals surface area (Å²) in [5.74, 6) is -1.16. The van der Waals surface area contributed by atoms with Crippen molar-refractivity contribution < 1.29 is 26.6 Å². The van der Waals surface area contributed by atoms with E-state index in [0.29, 0.717) is 6.29 Å². The van der Waals surface area contributed by atoms with Gasteiger partial charge in [0.25, 0.3) is 0 Å². The molecule has 4 N–H and O–H groups in total. The molecular weight excluding hydrogens is 293 g/mol. The van der Waals surface area contributed by atoms with Gasteiger partial charge in [-0.3, -0.25) is 0 Å². The summed E-state index contributed by atoms with van der Waals surface area (Å²) < 4.78 is 28.9. The molecular formula is C9H10AsNO6. The van der Waals surface area contributed by atoms with Gasteiger partial charge in [-0.1, -0.05) is 0 Å². The molecule has 0 saturated heterocycles. The number of hydrogen-bond acceptors (Lipinski definition) is 4. The molecule has 0 saturated carbocycles. The first-order chi connectivity index (χ1) is 7.75. The minimum absolute atomic E-state index is 0.0867. The van der Waals surface area contributed by atoms with Crippen molar-refractivity contribution in [2.75, 3.05) is 5.32 Å². The minimum atomic E-state index is -5.36. The van der Waals surface area contributed by atoms with E-state index in [0.717, 1.165) is 19.1 Å². The van der Waals surface area contributed by atoms with Gasteiger partial charge in [0.15, 0.2) is 0 Å². The first kappa shape index (κ1) is 13.5. The Morgan fingerprint density at radius 2 is 2.00 bits per heavy atom. The number of benzene rings is 1. The van der Waals surface area contributed by atoms with Gasteiger partial charge in [-0.25, -0.2) is 0 Å². The van der Waals surface area contributed by atoms with Crippen molar-refractivity contribution in [1.29, 1.82) is 0 Å². The summed E-state index contributed by atoms with van der Waals surface area (Å²) in [5.41, 5.74) is -0.452. The van der Waals surface area contributed by atoms with Gasteiger partial charge in [-0.15, -0.1) is 0 Å². The Morgan fingerprint density at radius 3 is 2.41 bits per heavy atom. The molecule has 0 atom stereocenters. The molecule has 0 aliphatic carbocycles. The second-order valence-electron chi connectivity index (χ2n) is 3.28. The van der Waals surface area contributed by atoms with Gasteiger partial charge in [0.2, 0.25) is 0 Å². The quantitative estimate of drug-likeness (QED) is 0.313. The van der Waals surface area contributed by atoms with E-state index < -0.39 is 30.2 Å². The Balaban J connectivity index is 3.50. The Bertz CT molecular complexity index is 520. The number of rotatable bonds is 3. The summed E-state index contributed by atoms with van der Waals surface area (Å²) >= 11 is -5.36. The summed E-state index contributed by atoms with van der Waals surface area (Å²) in [5, 5.41) is 11.6. The van der Waals surface area contributed by atoms with E-state index in [-0.39, 0.29) is 11.3 Å². The molecule has 8 heteroatoms. The Morgan fingerprint density at radius 1 is 1.41 bits per heavy atom. The van der Waals surface area contributed by atoms with Crippen LogP contribution in [0.5, 0.6) is 5.75 Å². The van der Waals surface area contributed by atoms with Crippen LogP contribution in [0.3, 0.4) is 0 Å². The van der Waals surface area contributed by atoms with Crippen molar-refractivity contribution in [1.82, 2.24) is 0 Å². The molecule has 0 aliphatic rings. The number of phenolic OH excluding ortho intramolecular Hbond substituents is 1. The topological polar surface area (TPSA) is 124 Å². The molecule has 0 aliphatic heterocycles. The average Bonchev–Trinajstić information content (AvgIpc) is 2.18. The van der Waals surface area contributed by atoms with E-state index in [9.17, 15) is 18.4 Å². The molecule has 92 valence electrons. The molecule has 0 radical (unpaired) electrons. The molecule has 0 aromatic heterocycles. The Labute approximate surface area is 99.1 Å². The predicted octanol–water partition coefficient (Wildman–Crippen LogP) is -1.28. The monoisotopic (exact) mass is 303 g/mol. The van der Waals surface area contributed by atoms with Crippen LogP contribution >= 0.6 is 0 Å². The number of hydrogen-bond donors (Lipinski definition) is 4. The van der Waals surface area contributed by atoms with Crippen LogP contribution in [0.25, 0.3) is 0 Å². The van der Waals surface area contributed by atoms with Crippen molar-refractivity contribution in [3.05, 3.63) is 17.7 Å². The molecule has 0 heterocycles. The van der Waals surface area contributed by atoms with Crippen molar-refractivity contribution in [3.63, 3.8) is 0 Å². The van der Waals surface area contributed by atoms with Gasteiger partial charge in [0.05, 0.1) is 0 Å². The average molecular weight is 303 g/mol. The van der Waals surface area contributed by atoms with Crippen LogP contribution < -0.4 is 9.67 Å². The normalized spacial score (nSPS) is 11.0. The van der Waals surface area contributed by atoms with Crippen LogP contribution in [0, 0.1) is 0 Å². The molecule has 1 rings (SSSR count). The molecule has 1 aromatic rings.